The first-order valence-corrected chi connectivity index (χ1v) is 8.79. The Morgan fingerprint density at radius 2 is 1.96 bits per heavy atom. The molecule has 0 fully saturated rings. The molecular weight excluding hydrogens is 314 g/mol. The summed E-state index contributed by atoms with van der Waals surface area (Å²) < 4.78 is 7.06. The first kappa shape index (κ1) is 19.0. The lowest BCUT2D eigenvalue weighted by atomic mass is 10.2. The molecule has 0 unspecified atom stereocenters. The topological polar surface area (TPSA) is 63.5 Å². The van der Waals surface area contributed by atoms with E-state index in [0.717, 1.165) is 54.7 Å². The van der Waals surface area contributed by atoms with Gasteiger partial charge < -0.3 is 15.4 Å². The van der Waals surface area contributed by atoms with Crippen molar-refractivity contribution in [1.29, 1.82) is 0 Å². The van der Waals surface area contributed by atoms with Gasteiger partial charge >= 0.3 is 0 Å². The third-order valence-corrected chi connectivity index (χ3v) is 4.00. The molecule has 0 bridgehead atoms. The zero-order valence-electron chi connectivity index (χ0n) is 15.7. The lowest BCUT2D eigenvalue weighted by molar-refractivity contribution is 0.195. The summed E-state index contributed by atoms with van der Waals surface area (Å²) in [4.78, 5) is 4.71. The summed E-state index contributed by atoms with van der Waals surface area (Å²) in [5.41, 5.74) is 4.38. The molecule has 0 amide bonds. The molecule has 0 aliphatic rings. The number of guanidine groups is 1. The summed E-state index contributed by atoms with van der Waals surface area (Å²) >= 11 is 0. The van der Waals surface area contributed by atoms with Crippen LogP contribution in [-0.4, -0.2) is 42.5 Å². The van der Waals surface area contributed by atoms with Crippen LogP contribution in [0.1, 0.15) is 30.3 Å². The minimum absolute atomic E-state index is 0.601. The fourth-order valence-electron chi connectivity index (χ4n) is 2.65. The molecule has 0 aliphatic heterocycles. The van der Waals surface area contributed by atoms with Crippen LogP contribution in [-0.2, 0) is 11.3 Å². The maximum atomic E-state index is 5.08. The molecule has 1 heterocycles. The Hall–Kier alpha value is -2.34. The maximum absolute atomic E-state index is 5.08. The van der Waals surface area contributed by atoms with Gasteiger partial charge in [-0.25, -0.2) is 9.67 Å². The summed E-state index contributed by atoms with van der Waals surface area (Å²) in [6, 6.07) is 10.2. The highest BCUT2D eigenvalue weighted by molar-refractivity contribution is 5.79. The van der Waals surface area contributed by atoms with Crippen molar-refractivity contribution in [2.75, 3.05) is 26.8 Å². The van der Waals surface area contributed by atoms with Gasteiger partial charge in [0.05, 0.1) is 17.9 Å². The predicted molar refractivity (Wildman–Crippen MR) is 102 cm³/mol. The molecule has 6 nitrogen and oxygen atoms in total. The Bertz CT molecular complexity index is 679. The monoisotopic (exact) mass is 343 g/mol. The van der Waals surface area contributed by atoms with E-state index < -0.39 is 0 Å². The van der Waals surface area contributed by atoms with Crippen LogP contribution in [0.25, 0.3) is 5.69 Å². The predicted octanol–water partition coefficient (Wildman–Crippen LogP) is 2.58. The zero-order valence-corrected chi connectivity index (χ0v) is 15.7. The molecule has 2 N–H and O–H groups in total. The van der Waals surface area contributed by atoms with Crippen LogP contribution >= 0.6 is 0 Å². The summed E-state index contributed by atoms with van der Waals surface area (Å²) in [5, 5.41) is 11.3. The first-order chi connectivity index (χ1) is 12.2. The quantitative estimate of drug-likeness (QED) is 0.439. The third kappa shape index (κ3) is 5.32. The Morgan fingerprint density at radius 3 is 2.64 bits per heavy atom. The molecule has 2 aromatic rings. The van der Waals surface area contributed by atoms with Gasteiger partial charge in [0.15, 0.2) is 5.96 Å². The Balaban J connectivity index is 2.11. The Morgan fingerprint density at radius 1 is 1.20 bits per heavy atom. The first-order valence-electron chi connectivity index (χ1n) is 8.79. The second kappa shape index (κ2) is 9.84. The van der Waals surface area contributed by atoms with Crippen LogP contribution in [0.15, 0.2) is 35.3 Å². The molecule has 0 aliphatic carbocycles. The number of ether oxygens (including phenoxy) is 1. The lowest BCUT2D eigenvalue weighted by Gasteiger charge is -2.11. The van der Waals surface area contributed by atoms with Gasteiger partial charge in [-0.15, -0.1) is 0 Å². The van der Waals surface area contributed by atoms with Gasteiger partial charge in [-0.2, -0.15) is 5.10 Å². The molecule has 2 rings (SSSR count). The maximum Gasteiger partial charge on any atom is 0.191 e. The number of aromatic nitrogens is 2. The number of para-hydroxylation sites is 1. The van der Waals surface area contributed by atoms with Crippen molar-refractivity contribution in [2.24, 2.45) is 4.99 Å². The highest BCUT2D eigenvalue weighted by Gasteiger charge is 2.12. The van der Waals surface area contributed by atoms with Gasteiger partial charge in [0.2, 0.25) is 0 Å². The number of hydrogen-bond acceptors (Lipinski definition) is 3. The summed E-state index contributed by atoms with van der Waals surface area (Å²) in [7, 11) is 1.72. The summed E-state index contributed by atoms with van der Waals surface area (Å²) in [6.07, 6.45) is 0.949. The Labute approximate surface area is 150 Å². The average Bonchev–Trinajstić information content (AvgIpc) is 2.91. The van der Waals surface area contributed by atoms with Gasteiger partial charge in [-0.3, -0.25) is 0 Å². The van der Waals surface area contributed by atoms with E-state index in [2.05, 4.69) is 41.7 Å². The molecule has 136 valence electrons. The van der Waals surface area contributed by atoms with Crippen LogP contribution < -0.4 is 10.6 Å². The summed E-state index contributed by atoms with van der Waals surface area (Å²) in [5.74, 6) is 0.824. The van der Waals surface area contributed by atoms with Crippen molar-refractivity contribution in [1.82, 2.24) is 20.4 Å². The minimum Gasteiger partial charge on any atom is -0.385 e. The number of rotatable bonds is 8. The second-order valence-corrected chi connectivity index (χ2v) is 5.87. The van der Waals surface area contributed by atoms with Crippen LogP contribution in [0.5, 0.6) is 0 Å². The van der Waals surface area contributed by atoms with Crippen molar-refractivity contribution in [3.63, 3.8) is 0 Å². The van der Waals surface area contributed by atoms with E-state index in [0.29, 0.717) is 6.54 Å². The van der Waals surface area contributed by atoms with Crippen LogP contribution in [0.2, 0.25) is 0 Å². The highest BCUT2D eigenvalue weighted by Crippen LogP contribution is 2.18. The standard InChI is InChI=1S/C19H29N5O/c1-5-20-19(21-12-9-13-25-4)22-14-18-15(2)23-24(16(18)3)17-10-7-6-8-11-17/h6-8,10-11H,5,9,12-14H2,1-4H3,(H2,20,21,22). The second-order valence-electron chi connectivity index (χ2n) is 5.87. The van der Waals surface area contributed by atoms with Gasteiger partial charge in [-0.05, 0) is 39.3 Å². The van der Waals surface area contributed by atoms with Gasteiger partial charge in [0.25, 0.3) is 0 Å². The van der Waals surface area contributed by atoms with Crippen molar-refractivity contribution in [2.45, 2.75) is 33.7 Å². The Kier molecular flexibility index (Phi) is 7.47. The van der Waals surface area contributed by atoms with Gasteiger partial charge in [0, 0.05) is 38.1 Å². The van der Waals surface area contributed by atoms with Gasteiger partial charge in [-0.1, -0.05) is 18.2 Å². The van der Waals surface area contributed by atoms with Crippen molar-refractivity contribution >= 4 is 5.96 Å². The summed E-state index contributed by atoms with van der Waals surface area (Å²) in [6.45, 7) is 9.21. The van der Waals surface area contributed by atoms with E-state index in [9.17, 15) is 0 Å². The molecule has 0 spiro atoms. The smallest absolute Gasteiger partial charge is 0.191 e. The number of aryl methyl sites for hydroxylation is 1. The number of aliphatic imine (C=N–C) groups is 1. The van der Waals surface area contributed by atoms with Crippen LogP contribution in [0.3, 0.4) is 0 Å². The van der Waals surface area contributed by atoms with Gasteiger partial charge in [0.1, 0.15) is 0 Å². The number of nitrogens with zero attached hydrogens (tertiary/aromatic N) is 3. The fraction of sp³-hybridized carbons (Fsp3) is 0.474. The SMILES string of the molecule is CCNC(=NCc1c(C)nn(-c2ccccc2)c1C)NCCCOC. The van der Waals surface area contributed by atoms with E-state index in [1.54, 1.807) is 7.11 Å². The average molecular weight is 343 g/mol. The normalized spacial score (nSPS) is 11.6. The molecule has 0 saturated carbocycles. The molecule has 1 aromatic heterocycles. The molecule has 1 aromatic carbocycles. The molecule has 0 saturated heterocycles. The zero-order chi connectivity index (χ0) is 18.1. The van der Waals surface area contributed by atoms with Crippen molar-refractivity contribution < 1.29 is 4.74 Å². The third-order valence-electron chi connectivity index (χ3n) is 4.00. The van der Waals surface area contributed by atoms with Crippen molar-refractivity contribution in [3.8, 4) is 5.69 Å². The number of hydrogen-bond donors (Lipinski definition) is 2. The van der Waals surface area contributed by atoms with Crippen LogP contribution in [0, 0.1) is 13.8 Å². The molecule has 25 heavy (non-hydrogen) atoms. The molecule has 0 atom stereocenters. The van der Waals surface area contributed by atoms with E-state index in [1.807, 2.05) is 29.8 Å². The van der Waals surface area contributed by atoms with Crippen LogP contribution in [0.4, 0.5) is 0 Å². The van der Waals surface area contributed by atoms with E-state index in [-0.39, 0.29) is 0 Å². The van der Waals surface area contributed by atoms with Crippen molar-refractivity contribution in [3.05, 3.63) is 47.3 Å². The fourth-order valence-corrected chi connectivity index (χ4v) is 2.65. The van der Waals surface area contributed by atoms with E-state index in [1.165, 1.54) is 0 Å². The number of nitrogens with one attached hydrogen (secondary N) is 2. The lowest BCUT2D eigenvalue weighted by Crippen LogP contribution is -2.38. The minimum atomic E-state index is 0.601. The number of benzene rings is 1. The number of methoxy groups -OCH3 is 1. The largest absolute Gasteiger partial charge is 0.385 e. The molecule has 6 heteroatoms. The molecule has 0 radical (unpaired) electrons. The molecular formula is C19H29N5O. The van der Waals surface area contributed by atoms with E-state index >= 15 is 0 Å². The highest BCUT2D eigenvalue weighted by atomic mass is 16.5. The van der Waals surface area contributed by atoms with E-state index in [4.69, 9.17) is 9.73 Å².